The molecule has 0 amide bonds. The van der Waals surface area contributed by atoms with Crippen LogP contribution in [-0.4, -0.2) is 23.4 Å². The molecular formula is C15H12ClN3O3S. The summed E-state index contributed by atoms with van der Waals surface area (Å²) in [6.07, 6.45) is 4.34. The monoisotopic (exact) mass is 349 g/mol. The lowest BCUT2D eigenvalue weighted by molar-refractivity contribution is 0.517. The maximum Gasteiger partial charge on any atom is 0.247 e. The molecule has 0 aliphatic rings. The number of oxazole rings is 1. The molecule has 118 valence electrons. The Morgan fingerprint density at radius 3 is 2.48 bits per heavy atom. The molecule has 0 saturated carbocycles. The van der Waals surface area contributed by atoms with E-state index in [1.165, 1.54) is 18.6 Å². The van der Waals surface area contributed by atoms with Gasteiger partial charge in [-0.3, -0.25) is 0 Å². The van der Waals surface area contributed by atoms with Crippen LogP contribution in [0.15, 0.2) is 52.4 Å². The number of hydrogen-bond acceptors (Lipinski definition) is 6. The van der Waals surface area contributed by atoms with E-state index in [0.29, 0.717) is 16.3 Å². The summed E-state index contributed by atoms with van der Waals surface area (Å²) < 4.78 is 30.1. The molecule has 2 heterocycles. The van der Waals surface area contributed by atoms with E-state index in [1.807, 2.05) is 0 Å². The van der Waals surface area contributed by atoms with Gasteiger partial charge in [0.1, 0.15) is 5.75 Å². The third-order valence-corrected chi connectivity index (χ3v) is 4.77. The van der Waals surface area contributed by atoms with E-state index in [0.717, 1.165) is 5.56 Å². The lowest BCUT2D eigenvalue weighted by Gasteiger charge is -2.01. The molecule has 0 bridgehead atoms. The van der Waals surface area contributed by atoms with Crippen LogP contribution in [-0.2, 0) is 15.6 Å². The van der Waals surface area contributed by atoms with Gasteiger partial charge >= 0.3 is 0 Å². The van der Waals surface area contributed by atoms with Gasteiger partial charge in [-0.15, -0.1) is 0 Å². The number of halogens is 1. The summed E-state index contributed by atoms with van der Waals surface area (Å²) in [5.41, 5.74) is 1.43. The van der Waals surface area contributed by atoms with Crippen LogP contribution < -0.4 is 0 Å². The normalized spacial score (nSPS) is 11.6. The van der Waals surface area contributed by atoms with Crippen LogP contribution in [0.2, 0.25) is 5.02 Å². The van der Waals surface area contributed by atoms with Crippen molar-refractivity contribution in [2.45, 2.75) is 17.8 Å². The van der Waals surface area contributed by atoms with Crippen molar-refractivity contribution >= 4 is 21.4 Å². The zero-order chi connectivity index (χ0) is 16.4. The standard InChI is InChI=1S/C15H12ClN3O3S/c1-10-6-18-15(19-7-10)23(20,21)9-14-17-8-13(22-14)11-4-2-3-5-12(11)16/h2-8H,9H2,1H3. The molecule has 6 nitrogen and oxygen atoms in total. The molecule has 0 fully saturated rings. The molecule has 0 aliphatic carbocycles. The Hall–Kier alpha value is -2.25. The fourth-order valence-electron chi connectivity index (χ4n) is 1.93. The van der Waals surface area contributed by atoms with Crippen molar-refractivity contribution in [2.24, 2.45) is 0 Å². The Morgan fingerprint density at radius 2 is 1.78 bits per heavy atom. The summed E-state index contributed by atoms with van der Waals surface area (Å²) in [7, 11) is -3.72. The molecule has 3 rings (SSSR count). The minimum Gasteiger partial charge on any atom is -0.440 e. The topological polar surface area (TPSA) is 86.0 Å². The Balaban J connectivity index is 1.87. The first kappa shape index (κ1) is 15.6. The van der Waals surface area contributed by atoms with Gasteiger partial charge in [0.05, 0.1) is 11.2 Å². The molecule has 2 aromatic heterocycles. The van der Waals surface area contributed by atoms with Crippen LogP contribution in [0, 0.1) is 6.92 Å². The summed E-state index contributed by atoms with van der Waals surface area (Å²) in [6, 6.07) is 7.09. The molecule has 0 saturated heterocycles. The largest absolute Gasteiger partial charge is 0.440 e. The maximum atomic E-state index is 12.3. The van der Waals surface area contributed by atoms with Crippen molar-refractivity contribution in [2.75, 3.05) is 0 Å². The first-order chi connectivity index (χ1) is 11.0. The lowest BCUT2D eigenvalue weighted by Crippen LogP contribution is -2.09. The highest BCUT2D eigenvalue weighted by molar-refractivity contribution is 7.90. The fourth-order valence-corrected chi connectivity index (χ4v) is 3.17. The number of rotatable bonds is 4. The molecule has 0 spiro atoms. The average molecular weight is 350 g/mol. The number of nitrogens with zero attached hydrogens (tertiary/aromatic N) is 3. The highest BCUT2D eigenvalue weighted by Gasteiger charge is 2.22. The van der Waals surface area contributed by atoms with Crippen LogP contribution in [0.5, 0.6) is 0 Å². The number of sulfone groups is 1. The van der Waals surface area contributed by atoms with Gasteiger partial charge in [0.2, 0.25) is 20.9 Å². The highest BCUT2D eigenvalue weighted by atomic mass is 35.5. The van der Waals surface area contributed by atoms with Crippen molar-refractivity contribution in [3.8, 4) is 11.3 Å². The molecule has 0 unspecified atom stereocenters. The molecule has 0 aliphatic heterocycles. The Labute approximate surface area is 138 Å². The molecule has 8 heteroatoms. The van der Waals surface area contributed by atoms with Crippen molar-refractivity contribution in [3.63, 3.8) is 0 Å². The van der Waals surface area contributed by atoms with Gasteiger partial charge in [0, 0.05) is 18.0 Å². The van der Waals surface area contributed by atoms with Gasteiger partial charge in [-0.25, -0.2) is 23.4 Å². The SMILES string of the molecule is Cc1cnc(S(=O)(=O)Cc2ncc(-c3ccccc3Cl)o2)nc1. The van der Waals surface area contributed by atoms with Gasteiger partial charge in [0.15, 0.2) is 5.76 Å². The Morgan fingerprint density at radius 1 is 1.09 bits per heavy atom. The maximum absolute atomic E-state index is 12.3. The van der Waals surface area contributed by atoms with E-state index in [-0.39, 0.29) is 11.0 Å². The van der Waals surface area contributed by atoms with E-state index in [4.69, 9.17) is 16.0 Å². The fraction of sp³-hybridized carbons (Fsp3) is 0.133. The second-order valence-corrected chi connectivity index (χ2v) is 7.19. The van der Waals surface area contributed by atoms with Crippen LogP contribution >= 0.6 is 11.6 Å². The van der Waals surface area contributed by atoms with Crippen LogP contribution in [0.1, 0.15) is 11.5 Å². The van der Waals surface area contributed by atoms with Crippen LogP contribution in [0.4, 0.5) is 0 Å². The number of hydrogen-bond donors (Lipinski definition) is 0. The molecule has 0 atom stereocenters. The second kappa shape index (κ2) is 6.10. The van der Waals surface area contributed by atoms with Gasteiger partial charge in [-0.05, 0) is 24.6 Å². The summed E-state index contributed by atoms with van der Waals surface area (Å²) >= 11 is 6.09. The van der Waals surface area contributed by atoms with Crippen molar-refractivity contribution in [1.82, 2.24) is 15.0 Å². The van der Waals surface area contributed by atoms with E-state index < -0.39 is 15.6 Å². The van der Waals surface area contributed by atoms with Gasteiger partial charge < -0.3 is 4.42 Å². The van der Waals surface area contributed by atoms with Crippen LogP contribution in [0.25, 0.3) is 11.3 Å². The first-order valence-corrected chi connectivity index (χ1v) is 8.70. The zero-order valence-electron chi connectivity index (χ0n) is 12.1. The minimum absolute atomic E-state index is 0.0593. The van der Waals surface area contributed by atoms with E-state index >= 15 is 0 Å². The van der Waals surface area contributed by atoms with Crippen molar-refractivity contribution < 1.29 is 12.8 Å². The molecular weight excluding hydrogens is 338 g/mol. The molecule has 23 heavy (non-hydrogen) atoms. The molecule has 1 aromatic carbocycles. The molecule has 0 N–H and O–H groups in total. The Bertz CT molecular complexity index is 937. The highest BCUT2D eigenvalue weighted by Crippen LogP contribution is 2.28. The van der Waals surface area contributed by atoms with E-state index in [1.54, 1.807) is 31.2 Å². The van der Waals surface area contributed by atoms with E-state index in [2.05, 4.69) is 15.0 Å². The number of aromatic nitrogens is 3. The lowest BCUT2D eigenvalue weighted by atomic mass is 10.2. The smallest absolute Gasteiger partial charge is 0.247 e. The van der Waals surface area contributed by atoms with Gasteiger partial charge in [-0.2, -0.15) is 0 Å². The average Bonchev–Trinajstić information content (AvgIpc) is 2.95. The minimum atomic E-state index is -3.72. The van der Waals surface area contributed by atoms with Gasteiger partial charge in [-0.1, -0.05) is 23.7 Å². The molecule has 3 aromatic rings. The predicted octanol–water partition coefficient (Wildman–Crippen LogP) is 3.07. The summed E-state index contributed by atoms with van der Waals surface area (Å²) in [5, 5.41) is 0.250. The van der Waals surface area contributed by atoms with Gasteiger partial charge in [0.25, 0.3) is 0 Å². The number of benzene rings is 1. The van der Waals surface area contributed by atoms with E-state index in [9.17, 15) is 8.42 Å². The summed E-state index contributed by atoms with van der Waals surface area (Å²) in [5.74, 6) is 0.0512. The summed E-state index contributed by atoms with van der Waals surface area (Å²) in [4.78, 5) is 11.7. The third kappa shape index (κ3) is 3.40. The van der Waals surface area contributed by atoms with Crippen molar-refractivity contribution in [1.29, 1.82) is 0 Å². The zero-order valence-corrected chi connectivity index (χ0v) is 13.7. The summed E-state index contributed by atoms with van der Waals surface area (Å²) in [6.45, 7) is 1.78. The number of aryl methyl sites for hydroxylation is 1. The predicted molar refractivity (Wildman–Crippen MR) is 84.6 cm³/mol. The third-order valence-electron chi connectivity index (χ3n) is 3.04. The second-order valence-electron chi connectivity index (χ2n) is 4.90. The molecule has 0 radical (unpaired) electrons. The first-order valence-electron chi connectivity index (χ1n) is 6.67. The quantitative estimate of drug-likeness (QED) is 0.673. The van der Waals surface area contributed by atoms with Crippen LogP contribution in [0.3, 0.4) is 0 Å². The van der Waals surface area contributed by atoms with Crippen molar-refractivity contribution in [3.05, 3.63) is 59.3 Å². The Kier molecular flexibility index (Phi) is 4.14.